The summed E-state index contributed by atoms with van der Waals surface area (Å²) < 4.78 is 0. The molecule has 1 amide bonds. The number of H-pyrrole nitrogens is 1. The lowest BCUT2D eigenvalue weighted by Gasteiger charge is -2.41. The number of piperazine rings is 1. The molecule has 1 atom stereocenters. The van der Waals surface area contributed by atoms with Crippen molar-refractivity contribution in [2.45, 2.75) is 32.7 Å². The summed E-state index contributed by atoms with van der Waals surface area (Å²) >= 11 is 0. The number of anilines is 1. The number of carbonyl (C=O) groups excluding carboxylic acids is 1. The highest BCUT2D eigenvalue weighted by atomic mass is 16.1. The minimum Gasteiger partial charge on any atom is -0.321 e. The highest BCUT2D eigenvalue weighted by Crippen LogP contribution is 2.32. The predicted octanol–water partition coefficient (Wildman–Crippen LogP) is 2.04. The highest BCUT2D eigenvalue weighted by molar-refractivity contribution is 6.04. The molecule has 6 heteroatoms. The van der Waals surface area contributed by atoms with Gasteiger partial charge in [-0.15, -0.1) is 0 Å². The van der Waals surface area contributed by atoms with E-state index in [1.54, 1.807) is 0 Å². The molecule has 1 aromatic carbocycles. The molecule has 2 aromatic rings. The number of nitrogens with one attached hydrogen (secondary N) is 3. The van der Waals surface area contributed by atoms with Crippen LogP contribution in [-0.2, 0) is 12.8 Å². The maximum atomic E-state index is 12.6. The van der Waals surface area contributed by atoms with Crippen molar-refractivity contribution in [1.82, 2.24) is 20.4 Å². The van der Waals surface area contributed by atoms with Crippen LogP contribution in [0.25, 0.3) is 0 Å². The predicted molar refractivity (Wildman–Crippen MR) is 98.0 cm³/mol. The monoisotopic (exact) mass is 339 g/mol. The number of hydrogen-bond acceptors (Lipinski definition) is 4. The van der Waals surface area contributed by atoms with Gasteiger partial charge in [-0.2, -0.15) is 5.10 Å². The third kappa shape index (κ3) is 2.96. The Morgan fingerprint density at radius 3 is 3.08 bits per heavy atom. The average molecular weight is 339 g/mol. The van der Waals surface area contributed by atoms with E-state index in [4.69, 9.17) is 0 Å². The highest BCUT2D eigenvalue weighted by Gasteiger charge is 2.29. The standard InChI is InChI=1S/C19H25N5O/c1-3-16-12(2)18(23-22-16)19(25)21-14-4-5-15-13(10-14)6-8-24-9-7-20-11-17(15)24/h4-5,10,17,20H,3,6-9,11H2,1-2H3,(H,21,25)(H,22,23). The lowest BCUT2D eigenvalue weighted by atomic mass is 9.91. The zero-order valence-electron chi connectivity index (χ0n) is 14.9. The Balaban J connectivity index is 1.54. The topological polar surface area (TPSA) is 73.0 Å². The van der Waals surface area contributed by atoms with Gasteiger partial charge in [-0.3, -0.25) is 14.8 Å². The number of aromatic nitrogens is 2. The number of hydrogen-bond donors (Lipinski definition) is 3. The van der Waals surface area contributed by atoms with E-state index in [2.05, 4.69) is 37.9 Å². The van der Waals surface area contributed by atoms with Crippen LogP contribution in [0.2, 0.25) is 0 Å². The third-order valence-corrected chi connectivity index (χ3v) is 5.45. The minimum atomic E-state index is -0.124. The third-order valence-electron chi connectivity index (χ3n) is 5.45. The van der Waals surface area contributed by atoms with Crippen LogP contribution < -0.4 is 10.6 Å². The van der Waals surface area contributed by atoms with E-state index in [9.17, 15) is 4.79 Å². The van der Waals surface area contributed by atoms with E-state index in [1.165, 1.54) is 11.1 Å². The fourth-order valence-electron chi connectivity index (χ4n) is 4.00. The summed E-state index contributed by atoms with van der Waals surface area (Å²) in [6.07, 6.45) is 1.86. The quantitative estimate of drug-likeness (QED) is 0.800. The summed E-state index contributed by atoms with van der Waals surface area (Å²) in [5.41, 5.74) is 6.02. The smallest absolute Gasteiger partial charge is 0.273 e. The lowest BCUT2D eigenvalue weighted by Crippen LogP contribution is -2.48. The molecule has 0 radical (unpaired) electrons. The van der Waals surface area contributed by atoms with Crippen molar-refractivity contribution < 1.29 is 4.79 Å². The molecule has 1 aromatic heterocycles. The first-order valence-corrected chi connectivity index (χ1v) is 9.10. The number of benzene rings is 1. The second-order valence-electron chi connectivity index (χ2n) is 6.90. The first-order chi connectivity index (χ1) is 12.2. The van der Waals surface area contributed by atoms with Crippen molar-refractivity contribution in [2.75, 3.05) is 31.5 Å². The Morgan fingerprint density at radius 1 is 1.40 bits per heavy atom. The van der Waals surface area contributed by atoms with Gasteiger partial charge >= 0.3 is 0 Å². The van der Waals surface area contributed by atoms with E-state index in [0.717, 1.165) is 56.0 Å². The number of rotatable bonds is 3. The Hall–Kier alpha value is -2.18. The van der Waals surface area contributed by atoms with Gasteiger partial charge in [-0.1, -0.05) is 13.0 Å². The molecule has 0 spiro atoms. The maximum absolute atomic E-state index is 12.6. The molecule has 1 saturated heterocycles. The van der Waals surface area contributed by atoms with Crippen molar-refractivity contribution in [2.24, 2.45) is 0 Å². The zero-order chi connectivity index (χ0) is 17.4. The van der Waals surface area contributed by atoms with Crippen molar-refractivity contribution >= 4 is 11.6 Å². The summed E-state index contributed by atoms with van der Waals surface area (Å²) in [5.74, 6) is -0.124. The van der Waals surface area contributed by atoms with Crippen LogP contribution in [0.1, 0.15) is 45.8 Å². The number of carbonyl (C=O) groups is 1. The number of aromatic amines is 1. The number of nitrogens with zero attached hydrogens (tertiary/aromatic N) is 2. The van der Waals surface area contributed by atoms with E-state index >= 15 is 0 Å². The Morgan fingerprint density at radius 2 is 2.28 bits per heavy atom. The van der Waals surface area contributed by atoms with E-state index in [0.29, 0.717) is 11.7 Å². The van der Waals surface area contributed by atoms with Gasteiger partial charge in [0.15, 0.2) is 0 Å². The first kappa shape index (κ1) is 16.3. The van der Waals surface area contributed by atoms with Crippen LogP contribution in [0.15, 0.2) is 18.2 Å². The summed E-state index contributed by atoms with van der Waals surface area (Å²) in [7, 11) is 0. The Bertz CT molecular complexity index is 797. The van der Waals surface area contributed by atoms with Gasteiger partial charge in [0.2, 0.25) is 0 Å². The van der Waals surface area contributed by atoms with E-state index in [-0.39, 0.29) is 5.91 Å². The number of aryl methyl sites for hydroxylation is 1. The molecule has 0 saturated carbocycles. The second kappa shape index (κ2) is 6.61. The summed E-state index contributed by atoms with van der Waals surface area (Å²) in [6, 6.07) is 6.78. The number of amides is 1. The van der Waals surface area contributed by atoms with Crippen LogP contribution in [-0.4, -0.2) is 47.2 Å². The van der Waals surface area contributed by atoms with Crippen molar-refractivity contribution in [3.05, 3.63) is 46.3 Å². The summed E-state index contributed by atoms with van der Waals surface area (Å²) in [4.78, 5) is 15.1. The molecule has 1 unspecified atom stereocenters. The normalized spacial score (nSPS) is 20.0. The van der Waals surface area contributed by atoms with Gasteiger partial charge in [0.05, 0.1) is 5.69 Å². The van der Waals surface area contributed by atoms with Crippen molar-refractivity contribution in [3.63, 3.8) is 0 Å². The molecule has 6 nitrogen and oxygen atoms in total. The Labute approximate surface area is 148 Å². The summed E-state index contributed by atoms with van der Waals surface area (Å²) in [6.45, 7) is 8.26. The first-order valence-electron chi connectivity index (χ1n) is 9.10. The van der Waals surface area contributed by atoms with E-state index < -0.39 is 0 Å². The molecular formula is C19H25N5O. The zero-order valence-corrected chi connectivity index (χ0v) is 14.9. The SMILES string of the molecule is CCc1n[nH]c(C(=O)Nc2ccc3c(c2)CCN2CCNCC32)c1C. The van der Waals surface area contributed by atoms with Gasteiger partial charge < -0.3 is 10.6 Å². The largest absolute Gasteiger partial charge is 0.321 e. The van der Waals surface area contributed by atoms with Gasteiger partial charge in [-0.05, 0) is 43.0 Å². The van der Waals surface area contributed by atoms with Gasteiger partial charge in [-0.25, -0.2) is 0 Å². The molecule has 3 heterocycles. The molecule has 2 aliphatic rings. The maximum Gasteiger partial charge on any atom is 0.273 e. The van der Waals surface area contributed by atoms with Gasteiger partial charge in [0, 0.05) is 43.5 Å². The second-order valence-corrected chi connectivity index (χ2v) is 6.90. The molecule has 25 heavy (non-hydrogen) atoms. The molecular weight excluding hydrogens is 314 g/mol. The van der Waals surface area contributed by atoms with Crippen LogP contribution in [0, 0.1) is 6.92 Å². The van der Waals surface area contributed by atoms with Crippen LogP contribution >= 0.6 is 0 Å². The lowest BCUT2D eigenvalue weighted by molar-refractivity contribution is 0.102. The molecule has 1 fully saturated rings. The molecule has 0 bridgehead atoms. The van der Waals surface area contributed by atoms with Crippen LogP contribution in [0.4, 0.5) is 5.69 Å². The van der Waals surface area contributed by atoms with Crippen LogP contribution in [0.3, 0.4) is 0 Å². The summed E-state index contributed by atoms with van der Waals surface area (Å²) in [5, 5.41) is 13.6. The van der Waals surface area contributed by atoms with Gasteiger partial charge in [0.25, 0.3) is 5.91 Å². The fourth-order valence-corrected chi connectivity index (χ4v) is 4.00. The number of fused-ring (bicyclic) bond motifs is 3. The van der Waals surface area contributed by atoms with Crippen molar-refractivity contribution in [3.8, 4) is 0 Å². The van der Waals surface area contributed by atoms with Crippen molar-refractivity contribution in [1.29, 1.82) is 0 Å². The molecule has 0 aliphatic carbocycles. The molecule has 4 rings (SSSR count). The minimum absolute atomic E-state index is 0.124. The Kier molecular flexibility index (Phi) is 4.31. The van der Waals surface area contributed by atoms with Crippen LogP contribution in [0.5, 0.6) is 0 Å². The molecule has 132 valence electrons. The van der Waals surface area contributed by atoms with Gasteiger partial charge in [0.1, 0.15) is 5.69 Å². The molecule has 2 aliphatic heterocycles. The molecule has 3 N–H and O–H groups in total. The average Bonchev–Trinajstić information content (AvgIpc) is 3.02. The van der Waals surface area contributed by atoms with E-state index in [1.807, 2.05) is 19.9 Å². The fraction of sp³-hybridized carbons (Fsp3) is 0.474.